The second kappa shape index (κ2) is 4.83. The highest BCUT2D eigenvalue weighted by molar-refractivity contribution is 9.11. The molecule has 19 heavy (non-hydrogen) atoms. The van der Waals surface area contributed by atoms with Crippen molar-refractivity contribution in [2.75, 3.05) is 0 Å². The zero-order chi connectivity index (χ0) is 14.4. The molecule has 0 aliphatic heterocycles. The topological polar surface area (TPSA) is 83.5 Å². The monoisotopic (exact) mass is 367 g/mol. The molecule has 5 nitrogen and oxygen atoms in total. The summed E-state index contributed by atoms with van der Waals surface area (Å²) in [7, 11) is -3.72. The average molecular weight is 368 g/mol. The lowest BCUT2D eigenvalue weighted by Gasteiger charge is -2.25. The minimum Gasteiger partial charge on any atom is -0.477 e. The largest absolute Gasteiger partial charge is 0.477 e. The van der Waals surface area contributed by atoms with Crippen LogP contribution in [0.1, 0.15) is 36.4 Å². The summed E-state index contributed by atoms with van der Waals surface area (Å²) in [6.07, 6.45) is 2.03. The average Bonchev–Trinajstić information content (AvgIpc) is 3.00. The molecule has 1 heterocycles. The van der Waals surface area contributed by atoms with Crippen molar-refractivity contribution in [3.63, 3.8) is 0 Å². The van der Waals surface area contributed by atoms with E-state index in [-0.39, 0.29) is 9.77 Å². The van der Waals surface area contributed by atoms with Crippen molar-refractivity contribution in [3.05, 3.63) is 14.7 Å². The van der Waals surface area contributed by atoms with Gasteiger partial charge in [-0.05, 0) is 54.6 Å². The Morgan fingerprint density at radius 3 is 2.53 bits per heavy atom. The van der Waals surface area contributed by atoms with Crippen molar-refractivity contribution >= 4 is 43.3 Å². The van der Waals surface area contributed by atoms with Crippen LogP contribution < -0.4 is 4.72 Å². The SMILES string of the molecule is CC(C)(NS(=O)(=O)c1cc(C(=O)O)sc1Br)C1CC1. The minimum absolute atomic E-state index is 0.00326. The minimum atomic E-state index is -3.72. The van der Waals surface area contributed by atoms with E-state index in [4.69, 9.17) is 5.11 Å². The normalized spacial score (nSPS) is 16.6. The summed E-state index contributed by atoms with van der Waals surface area (Å²) < 4.78 is 27.6. The third kappa shape index (κ3) is 3.18. The zero-order valence-corrected chi connectivity index (χ0v) is 13.7. The highest BCUT2D eigenvalue weighted by Gasteiger charge is 2.41. The maximum absolute atomic E-state index is 12.3. The van der Waals surface area contributed by atoms with Gasteiger partial charge in [-0.2, -0.15) is 0 Å². The van der Waals surface area contributed by atoms with Crippen LogP contribution in [0.3, 0.4) is 0 Å². The quantitative estimate of drug-likeness (QED) is 0.837. The molecule has 1 aliphatic rings. The van der Waals surface area contributed by atoms with Crippen LogP contribution in [-0.4, -0.2) is 25.0 Å². The molecule has 0 spiro atoms. The molecular formula is C11H14BrNO4S2. The van der Waals surface area contributed by atoms with Gasteiger partial charge in [-0.25, -0.2) is 17.9 Å². The Morgan fingerprint density at radius 2 is 2.11 bits per heavy atom. The van der Waals surface area contributed by atoms with Gasteiger partial charge in [0, 0.05) is 5.54 Å². The first-order valence-electron chi connectivity index (χ1n) is 5.70. The molecule has 2 rings (SSSR count). The number of sulfonamides is 1. The molecule has 0 radical (unpaired) electrons. The zero-order valence-electron chi connectivity index (χ0n) is 10.4. The molecule has 1 aromatic heterocycles. The number of nitrogens with one attached hydrogen (secondary N) is 1. The number of thiophene rings is 1. The number of aromatic carboxylic acids is 1. The third-order valence-electron chi connectivity index (χ3n) is 3.15. The van der Waals surface area contributed by atoms with E-state index >= 15 is 0 Å². The predicted octanol–water partition coefficient (Wildman–Crippen LogP) is 2.68. The summed E-state index contributed by atoms with van der Waals surface area (Å²) in [6, 6.07) is 1.18. The van der Waals surface area contributed by atoms with E-state index in [1.165, 1.54) is 6.07 Å². The van der Waals surface area contributed by atoms with Crippen LogP contribution in [-0.2, 0) is 10.0 Å². The smallest absolute Gasteiger partial charge is 0.345 e. The molecule has 0 saturated heterocycles. The summed E-state index contributed by atoms with van der Waals surface area (Å²) >= 11 is 4.01. The fourth-order valence-corrected chi connectivity index (χ4v) is 5.81. The fraction of sp³-hybridized carbons (Fsp3) is 0.545. The van der Waals surface area contributed by atoms with Gasteiger partial charge in [-0.15, -0.1) is 11.3 Å². The standard InChI is InChI=1S/C11H14BrNO4S2/c1-11(2,6-3-4-6)13-19(16,17)8-5-7(10(14)15)18-9(8)12/h5-6,13H,3-4H2,1-2H3,(H,14,15). The number of hydrogen-bond donors (Lipinski definition) is 2. The first-order valence-corrected chi connectivity index (χ1v) is 8.79. The van der Waals surface area contributed by atoms with Gasteiger partial charge in [-0.1, -0.05) is 0 Å². The Bertz CT molecular complexity index is 617. The molecule has 0 atom stereocenters. The predicted molar refractivity (Wildman–Crippen MR) is 76.1 cm³/mol. The molecule has 106 valence electrons. The number of halogens is 1. The van der Waals surface area contributed by atoms with Gasteiger partial charge in [0.05, 0.1) is 3.79 Å². The summed E-state index contributed by atoms with van der Waals surface area (Å²) in [5, 5.41) is 8.89. The maximum Gasteiger partial charge on any atom is 0.345 e. The summed E-state index contributed by atoms with van der Waals surface area (Å²) in [4.78, 5) is 10.9. The van der Waals surface area contributed by atoms with Crippen LogP contribution in [0.4, 0.5) is 0 Å². The molecule has 0 aromatic carbocycles. The van der Waals surface area contributed by atoms with E-state index in [0.29, 0.717) is 9.70 Å². The summed E-state index contributed by atoms with van der Waals surface area (Å²) in [5.74, 6) is -0.785. The summed E-state index contributed by atoms with van der Waals surface area (Å²) in [6.45, 7) is 3.70. The van der Waals surface area contributed by atoms with Crippen molar-refractivity contribution in [1.29, 1.82) is 0 Å². The van der Waals surface area contributed by atoms with E-state index < -0.39 is 21.5 Å². The lowest BCUT2D eigenvalue weighted by molar-refractivity contribution is 0.0702. The van der Waals surface area contributed by atoms with Gasteiger partial charge in [-0.3, -0.25) is 0 Å². The number of carbonyl (C=O) groups is 1. The van der Waals surface area contributed by atoms with Gasteiger partial charge in [0.1, 0.15) is 9.77 Å². The molecule has 1 aliphatic carbocycles. The first-order chi connectivity index (χ1) is 8.63. The highest BCUT2D eigenvalue weighted by Crippen LogP contribution is 2.40. The molecule has 1 aromatic rings. The van der Waals surface area contributed by atoms with Crippen molar-refractivity contribution in [3.8, 4) is 0 Å². The van der Waals surface area contributed by atoms with Crippen LogP contribution in [0.5, 0.6) is 0 Å². The molecule has 0 bridgehead atoms. The Labute approximate surface area is 124 Å². The molecular weight excluding hydrogens is 354 g/mol. The van der Waals surface area contributed by atoms with Crippen molar-refractivity contribution in [1.82, 2.24) is 4.72 Å². The fourth-order valence-electron chi connectivity index (χ4n) is 1.93. The first kappa shape index (κ1) is 15.0. The second-order valence-corrected chi connectivity index (χ2v) is 9.18. The second-order valence-electron chi connectivity index (χ2n) is 5.16. The Balaban J connectivity index is 2.31. The molecule has 8 heteroatoms. The number of rotatable bonds is 5. The lowest BCUT2D eigenvalue weighted by atomic mass is 10.0. The highest BCUT2D eigenvalue weighted by atomic mass is 79.9. The van der Waals surface area contributed by atoms with E-state index in [1.54, 1.807) is 0 Å². The Hall–Kier alpha value is -0.440. The summed E-state index contributed by atoms with van der Waals surface area (Å²) in [5.41, 5.74) is -0.510. The van der Waals surface area contributed by atoms with Crippen molar-refractivity contribution in [2.45, 2.75) is 37.1 Å². The molecule has 2 N–H and O–H groups in total. The van der Waals surface area contributed by atoms with Gasteiger partial charge >= 0.3 is 5.97 Å². The Morgan fingerprint density at radius 1 is 1.53 bits per heavy atom. The maximum atomic E-state index is 12.3. The van der Waals surface area contributed by atoms with Crippen LogP contribution in [0.2, 0.25) is 0 Å². The van der Waals surface area contributed by atoms with Gasteiger partial charge in [0.15, 0.2) is 0 Å². The van der Waals surface area contributed by atoms with Crippen molar-refractivity contribution in [2.24, 2.45) is 5.92 Å². The lowest BCUT2D eigenvalue weighted by Crippen LogP contribution is -2.45. The van der Waals surface area contributed by atoms with Gasteiger partial charge in [0.2, 0.25) is 10.0 Å². The van der Waals surface area contributed by atoms with E-state index in [1.807, 2.05) is 13.8 Å². The van der Waals surface area contributed by atoms with Crippen LogP contribution >= 0.6 is 27.3 Å². The molecule has 0 unspecified atom stereocenters. The van der Waals surface area contributed by atoms with E-state index in [2.05, 4.69) is 20.7 Å². The molecule has 1 fully saturated rings. The van der Waals surface area contributed by atoms with Crippen LogP contribution in [0.25, 0.3) is 0 Å². The third-order valence-corrected chi connectivity index (χ3v) is 7.06. The number of hydrogen-bond acceptors (Lipinski definition) is 4. The number of carboxylic acids is 1. The van der Waals surface area contributed by atoms with E-state index in [9.17, 15) is 13.2 Å². The Kier molecular flexibility index (Phi) is 3.81. The number of carboxylic acid groups (broad SMARTS) is 1. The molecule has 0 amide bonds. The van der Waals surface area contributed by atoms with Crippen molar-refractivity contribution < 1.29 is 18.3 Å². The molecule has 1 saturated carbocycles. The van der Waals surface area contributed by atoms with E-state index in [0.717, 1.165) is 24.2 Å². The van der Waals surface area contributed by atoms with Crippen LogP contribution in [0, 0.1) is 5.92 Å². The van der Waals surface area contributed by atoms with Crippen LogP contribution in [0.15, 0.2) is 14.7 Å². The van der Waals surface area contributed by atoms with Gasteiger partial charge < -0.3 is 5.11 Å². The van der Waals surface area contributed by atoms with Gasteiger partial charge in [0.25, 0.3) is 0 Å².